The number of rotatable bonds is 6. The number of Topliss-reactive ketones (excluding diaryl/α,β-unsaturated/α-hetero) is 1. The van der Waals surface area contributed by atoms with Gasteiger partial charge in [0.2, 0.25) is 5.89 Å². The van der Waals surface area contributed by atoms with E-state index in [1.165, 1.54) is 11.8 Å². The molecule has 0 saturated heterocycles. The van der Waals surface area contributed by atoms with Crippen LogP contribution in [-0.2, 0) is 17.0 Å². The first-order valence-electron chi connectivity index (χ1n) is 5.66. The fourth-order valence-electron chi connectivity index (χ4n) is 1.48. The fraction of sp³-hybridized carbons (Fsp3) is 0.308. The number of carbonyl (C=O) groups is 1. The molecule has 0 amide bonds. The minimum atomic E-state index is 0.157. The zero-order valence-electron chi connectivity index (χ0n) is 10.1. The highest BCUT2D eigenvalue weighted by Gasteiger charge is 2.07. The Bertz CT molecular complexity index is 511. The van der Waals surface area contributed by atoms with Gasteiger partial charge in [0, 0.05) is 6.42 Å². The van der Waals surface area contributed by atoms with Crippen molar-refractivity contribution in [2.45, 2.75) is 19.1 Å². The van der Waals surface area contributed by atoms with Crippen LogP contribution in [0.2, 0.25) is 0 Å². The van der Waals surface area contributed by atoms with Crippen LogP contribution in [0, 0.1) is 0 Å². The van der Waals surface area contributed by atoms with E-state index in [-0.39, 0.29) is 5.78 Å². The summed E-state index contributed by atoms with van der Waals surface area (Å²) >= 11 is 1.49. The Hall–Kier alpha value is -1.62. The standard InChI is InChI=1S/C13H14N2O2S/c1-10(16)8-18-9-13-14-12(15-17-13)7-11-5-3-2-4-6-11/h2-6H,7-9H2,1H3. The number of nitrogens with zero attached hydrogens (tertiary/aromatic N) is 2. The molecule has 0 spiro atoms. The number of hydrogen-bond donors (Lipinski definition) is 0. The van der Waals surface area contributed by atoms with Crippen molar-refractivity contribution in [1.29, 1.82) is 0 Å². The summed E-state index contributed by atoms with van der Waals surface area (Å²) in [4.78, 5) is 15.1. The molecule has 0 aliphatic carbocycles. The molecule has 4 nitrogen and oxygen atoms in total. The zero-order valence-corrected chi connectivity index (χ0v) is 10.9. The Morgan fingerprint density at radius 3 is 2.83 bits per heavy atom. The lowest BCUT2D eigenvalue weighted by atomic mass is 10.1. The first-order valence-corrected chi connectivity index (χ1v) is 6.82. The Morgan fingerprint density at radius 1 is 1.33 bits per heavy atom. The van der Waals surface area contributed by atoms with Gasteiger partial charge in [0.25, 0.3) is 0 Å². The molecule has 0 saturated carbocycles. The van der Waals surface area contributed by atoms with E-state index in [1.807, 2.05) is 30.3 Å². The summed E-state index contributed by atoms with van der Waals surface area (Å²) in [7, 11) is 0. The molecule has 0 atom stereocenters. The average Bonchev–Trinajstić information content (AvgIpc) is 2.78. The normalized spacial score (nSPS) is 10.5. The minimum absolute atomic E-state index is 0.157. The molecule has 18 heavy (non-hydrogen) atoms. The molecule has 0 radical (unpaired) electrons. The number of benzene rings is 1. The number of aromatic nitrogens is 2. The van der Waals surface area contributed by atoms with Gasteiger partial charge in [-0.3, -0.25) is 4.79 Å². The highest BCUT2D eigenvalue weighted by atomic mass is 32.2. The van der Waals surface area contributed by atoms with Crippen molar-refractivity contribution in [3.8, 4) is 0 Å². The summed E-state index contributed by atoms with van der Waals surface area (Å²) < 4.78 is 5.13. The topological polar surface area (TPSA) is 56.0 Å². The quantitative estimate of drug-likeness (QED) is 0.800. The molecule has 1 heterocycles. The van der Waals surface area contributed by atoms with Gasteiger partial charge in [-0.1, -0.05) is 35.5 Å². The lowest BCUT2D eigenvalue weighted by molar-refractivity contribution is -0.114. The van der Waals surface area contributed by atoms with Crippen LogP contribution in [0.4, 0.5) is 0 Å². The number of carbonyl (C=O) groups excluding carboxylic acids is 1. The van der Waals surface area contributed by atoms with Crippen molar-refractivity contribution in [2.24, 2.45) is 0 Å². The van der Waals surface area contributed by atoms with E-state index in [1.54, 1.807) is 6.92 Å². The van der Waals surface area contributed by atoms with Crippen molar-refractivity contribution in [3.63, 3.8) is 0 Å². The summed E-state index contributed by atoms with van der Waals surface area (Å²) in [5, 5.41) is 3.92. The summed E-state index contributed by atoms with van der Waals surface area (Å²) in [6.45, 7) is 1.57. The molecule has 94 valence electrons. The van der Waals surface area contributed by atoms with Gasteiger partial charge in [0.05, 0.1) is 11.5 Å². The molecule has 1 aromatic heterocycles. The SMILES string of the molecule is CC(=O)CSCc1nc(Cc2ccccc2)no1. The van der Waals surface area contributed by atoms with E-state index in [0.29, 0.717) is 29.6 Å². The molecule has 1 aromatic carbocycles. The molecule has 0 fully saturated rings. The van der Waals surface area contributed by atoms with Crippen molar-refractivity contribution in [3.05, 3.63) is 47.6 Å². The number of thioether (sulfide) groups is 1. The highest BCUT2D eigenvalue weighted by molar-refractivity contribution is 7.99. The predicted molar refractivity (Wildman–Crippen MR) is 70.4 cm³/mol. The third-order valence-corrected chi connectivity index (χ3v) is 3.31. The van der Waals surface area contributed by atoms with Crippen LogP contribution >= 0.6 is 11.8 Å². The smallest absolute Gasteiger partial charge is 0.236 e. The lowest BCUT2D eigenvalue weighted by Crippen LogP contribution is -1.94. The van der Waals surface area contributed by atoms with Gasteiger partial charge >= 0.3 is 0 Å². The molecular formula is C13H14N2O2S. The van der Waals surface area contributed by atoms with E-state index in [9.17, 15) is 4.79 Å². The molecule has 0 N–H and O–H groups in total. The summed E-state index contributed by atoms with van der Waals surface area (Å²) in [5.74, 6) is 2.48. The van der Waals surface area contributed by atoms with Gasteiger partial charge < -0.3 is 4.52 Å². The van der Waals surface area contributed by atoms with Crippen LogP contribution in [0.25, 0.3) is 0 Å². The van der Waals surface area contributed by atoms with Crippen LogP contribution in [0.15, 0.2) is 34.9 Å². The van der Waals surface area contributed by atoms with Crippen molar-refractivity contribution in [2.75, 3.05) is 5.75 Å². The zero-order chi connectivity index (χ0) is 12.8. The van der Waals surface area contributed by atoms with Gasteiger partial charge in [0.1, 0.15) is 5.78 Å². The molecule has 0 aliphatic rings. The van der Waals surface area contributed by atoms with E-state index >= 15 is 0 Å². The second-order valence-electron chi connectivity index (χ2n) is 3.96. The van der Waals surface area contributed by atoms with Gasteiger partial charge in [-0.15, -0.1) is 11.8 Å². The lowest BCUT2D eigenvalue weighted by Gasteiger charge is -1.94. The summed E-state index contributed by atoms with van der Waals surface area (Å²) in [6.07, 6.45) is 0.668. The average molecular weight is 262 g/mol. The van der Waals surface area contributed by atoms with E-state index < -0.39 is 0 Å². The van der Waals surface area contributed by atoms with Gasteiger partial charge in [-0.25, -0.2) is 0 Å². The Labute approximate surface area is 110 Å². The Balaban J connectivity index is 1.88. The first kappa shape index (κ1) is 12.8. The van der Waals surface area contributed by atoms with Gasteiger partial charge in [-0.05, 0) is 12.5 Å². The largest absolute Gasteiger partial charge is 0.338 e. The van der Waals surface area contributed by atoms with Crippen LogP contribution in [0.5, 0.6) is 0 Å². The monoisotopic (exact) mass is 262 g/mol. The number of ketones is 1. The molecule has 0 aliphatic heterocycles. The van der Waals surface area contributed by atoms with E-state index in [0.717, 1.165) is 5.56 Å². The Morgan fingerprint density at radius 2 is 2.11 bits per heavy atom. The fourth-order valence-corrected chi connectivity index (χ4v) is 2.16. The third-order valence-electron chi connectivity index (χ3n) is 2.25. The van der Waals surface area contributed by atoms with Crippen LogP contribution < -0.4 is 0 Å². The van der Waals surface area contributed by atoms with E-state index in [4.69, 9.17) is 4.52 Å². The van der Waals surface area contributed by atoms with Crippen molar-refractivity contribution >= 4 is 17.5 Å². The summed E-state index contributed by atoms with van der Waals surface area (Å²) in [6, 6.07) is 10.0. The van der Waals surface area contributed by atoms with Crippen LogP contribution in [0.1, 0.15) is 24.2 Å². The van der Waals surface area contributed by atoms with E-state index in [2.05, 4.69) is 10.1 Å². The van der Waals surface area contributed by atoms with Crippen LogP contribution in [0.3, 0.4) is 0 Å². The molecule has 2 rings (SSSR count). The third kappa shape index (κ3) is 4.00. The predicted octanol–water partition coefficient (Wildman–Crippen LogP) is 2.48. The van der Waals surface area contributed by atoms with Crippen molar-refractivity contribution in [1.82, 2.24) is 10.1 Å². The highest BCUT2D eigenvalue weighted by Crippen LogP contribution is 2.12. The second-order valence-corrected chi connectivity index (χ2v) is 4.95. The second kappa shape index (κ2) is 6.35. The van der Waals surface area contributed by atoms with Gasteiger partial charge in [-0.2, -0.15) is 4.98 Å². The van der Waals surface area contributed by atoms with Crippen LogP contribution in [-0.4, -0.2) is 21.7 Å². The Kier molecular flexibility index (Phi) is 4.52. The molecule has 0 bridgehead atoms. The maximum absolute atomic E-state index is 10.8. The minimum Gasteiger partial charge on any atom is -0.338 e. The maximum atomic E-state index is 10.8. The maximum Gasteiger partial charge on any atom is 0.236 e. The molecule has 5 heteroatoms. The first-order chi connectivity index (χ1) is 8.74. The van der Waals surface area contributed by atoms with Crippen molar-refractivity contribution < 1.29 is 9.32 Å². The molecule has 0 unspecified atom stereocenters. The molecule has 2 aromatic rings. The molecular weight excluding hydrogens is 248 g/mol. The summed E-state index contributed by atoms with van der Waals surface area (Å²) in [5.41, 5.74) is 1.15. The number of hydrogen-bond acceptors (Lipinski definition) is 5. The van der Waals surface area contributed by atoms with Gasteiger partial charge in [0.15, 0.2) is 5.82 Å².